The number of amides is 1. The lowest BCUT2D eigenvalue weighted by Gasteiger charge is -2.08. The van der Waals surface area contributed by atoms with Gasteiger partial charge in [0, 0.05) is 13.6 Å². The summed E-state index contributed by atoms with van der Waals surface area (Å²) in [6, 6.07) is -0.382. The van der Waals surface area contributed by atoms with E-state index in [1.54, 1.807) is 7.05 Å². The van der Waals surface area contributed by atoms with Crippen molar-refractivity contribution < 1.29 is 4.79 Å². The topological polar surface area (TPSA) is 93.2 Å². The minimum Gasteiger partial charge on any atom is -0.358 e. The molecule has 0 aromatic heterocycles. The van der Waals surface area contributed by atoms with Crippen LogP contribution >= 0.6 is 0 Å². The van der Waals surface area contributed by atoms with Gasteiger partial charge in [-0.05, 0) is 12.8 Å². The molecule has 0 saturated carbocycles. The van der Waals surface area contributed by atoms with E-state index in [4.69, 9.17) is 11.6 Å². The molecule has 5 nitrogen and oxygen atoms in total. The maximum Gasteiger partial charge on any atom is 0.236 e. The van der Waals surface area contributed by atoms with Crippen molar-refractivity contribution in [3.63, 3.8) is 0 Å². The Morgan fingerprint density at radius 1 is 1.50 bits per heavy atom. The average molecular weight is 174 g/mol. The fraction of sp³-hybridized carbons (Fsp3) is 0.857. The van der Waals surface area contributed by atoms with Gasteiger partial charge in [-0.3, -0.25) is 16.1 Å². The van der Waals surface area contributed by atoms with Crippen LogP contribution in [0.1, 0.15) is 19.3 Å². The van der Waals surface area contributed by atoms with E-state index in [1.807, 2.05) is 0 Å². The van der Waals surface area contributed by atoms with Crippen molar-refractivity contribution >= 4 is 5.91 Å². The second kappa shape index (κ2) is 7.02. The number of carbonyl (C=O) groups excluding carboxylic acids is 1. The first-order chi connectivity index (χ1) is 5.72. The Kier molecular flexibility index (Phi) is 6.64. The zero-order valence-corrected chi connectivity index (χ0v) is 7.47. The van der Waals surface area contributed by atoms with E-state index in [9.17, 15) is 4.79 Å². The van der Waals surface area contributed by atoms with Crippen LogP contribution in [0, 0.1) is 0 Å². The van der Waals surface area contributed by atoms with Crippen molar-refractivity contribution in [2.45, 2.75) is 25.3 Å². The standard InChI is InChI=1S/C7H18N4O/c1-10-7(12)6(8)4-2-3-5-11-9/h6,11H,2-5,8-9H2,1H3,(H,10,12). The molecule has 0 saturated heterocycles. The molecule has 1 unspecified atom stereocenters. The maximum atomic E-state index is 10.9. The van der Waals surface area contributed by atoms with Gasteiger partial charge in [0.2, 0.25) is 5.91 Å². The summed E-state index contributed by atoms with van der Waals surface area (Å²) in [7, 11) is 1.59. The van der Waals surface area contributed by atoms with Crippen LogP contribution in [0.2, 0.25) is 0 Å². The van der Waals surface area contributed by atoms with Crippen LogP contribution in [0.4, 0.5) is 0 Å². The predicted octanol–water partition coefficient (Wildman–Crippen LogP) is -1.31. The summed E-state index contributed by atoms with van der Waals surface area (Å²) in [5, 5.41) is 2.50. The average Bonchev–Trinajstić information content (AvgIpc) is 2.10. The lowest BCUT2D eigenvalue weighted by Crippen LogP contribution is -2.38. The predicted molar refractivity (Wildman–Crippen MR) is 48.1 cm³/mol. The molecular weight excluding hydrogens is 156 g/mol. The number of hydrazine groups is 1. The molecule has 0 bridgehead atoms. The minimum atomic E-state index is -0.382. The molecule has 12 heavy (non-hydrogen) atoms. The molecule has 0 radical (unpaired) electrons. The highest BCUT2D eigenvalue weighted by molar-refractivity contribution is 5.81. The van der Waals surface area contributed by atoms with Crippen molar-refractivity contribution in [1.29, 1.82) is 0 Å². The van der Waals surface area contributed by atoms with Gasteiger partial charge in [-0.15, -0.1) is 0 Å². The molecule has 0 aliphatic heterocycles. The highest BCUT2D eigenvalue weighted by Gasteiger charge is 2.09. The number of unbranched alkanes of at least 4 members (excludes halogenated alkanes) is 1. The van der Waals surface area contributed by atoms with Crippen molar-refractivity contribution in [2.24, 2.45) is 11.6 Å². The number of nitrogens with one attached hydrogen (secondary N) is 2. The molecule has 0 heterocycles. The Bertz CT molecular complexity index is 129. The van der Waals surface area contributed by atoms with Gasteiger partial charge < -0.3 is 11.1 Å². The van der Waals surface area contributed by atoms with Crippen LogP contribution in [-0.4, -0.2) is 25.5 Å². The van der Waals surface area contributed by atoms with E-state index in [-0.39, 0.29) is 11.9 Å². The quantitative estimate of drug-likeness (QED) is 0.228. The van der Waals surface area contributed by atoms with Gasteiger partial charge in [0.15, 0.2) is 0 Å². The second-order valence-electron chi connectivity index (χ2n) is 2.67. The number of rotatable bonds is 6. The molecule has 0 rings (SSSR count). The molecule has 0 aromatic carbocycles. The van der Waals surface area contributed by atoms with E-state index >= 15 is 0 Å². The Labute approximate surface area is 72.8 Å². The Hall–Kier alpha value is -0.650. The summed E-state index contributed by atoms with van der Waals surface area (Å²) in [6.45, 7) is 0.764. The highest BCUT2D eigenvalue weighted by atomic mass is 16.2. The Morgan fingerprint density at radius 3 is 2.67 bits per heavy atom. The van der Waals surface area contributed by atoms with E-state index in [0.29, 0.717) is 6.42 Å². The third kappa shape index (κ3) is 5.06. The van der Waals surface area contributed by atoms with Crippen molar-refractivity contribution in [3.8, 4) is 0 Å². The molecule has 0 fully saturated rings. The summed E-state index contributed by atoms with van der Waals surface area (Å²) >= 11 is 0. The third-order valence-electron chi connectivity index (χ3n) is 1.67. The lowest BCUT2D eigenvalue weighted by molar-refractivity contribution is -0.122. The van der Waals surface area contributed by atoms with Gasteiger partial charge in [0.25, 0.3) is 0 Å². The van der Waals surface area contributed by atoms with Crippen LogP contribution < -0.4 is 22.3 Å². The molecule has 6 N–H and O–H groups in total. The number of carbonyl (C=O) groups is 1. The molecule has 0 spiro atoms. The summed E-state index contributed by atoms with van der Waals surface area (Å²) in [5.41, 5.74) is 8.09. The first-order valence-corrected chi connectivity index (χ1v) is 4.13. The normalized spacial score (nSPS) is 12.6. The second-order valence-corrected chi connectivity index (χ2v) is 2.67. The fourth-order valence-electron chi connectivity index (χ4n) is 0.908. The molecule has 0 aromatic rings. The number of hydrogen-bond acceptors (Lipinski definition) is 4. The summed E-state index contributed by atoms with van der Waals surface area (Å²) < 4.78 is 0. The first kappa shape index (κ1) is 11.4. The lowest BCUT2D eigenvalue weighted by atomic mass is 10.1. The Morgan fingerprint density at radius 2 is 2.17 bits per heavy atom. The monoisotopic (exact) mass is 174 g/mol. The summed E-state index contributed by atoms with van der Waals surface area (Å²) in [5.74, 6) is 4.97. The van der Waals surface area contributed by atoms with E-state index in [0.717, 1.165) is 19.4 Å². The number of likely N-dealkylation sites (N-methyl/N-ethyl adjacent to an activating group) is 1. The van der Waals surface area contributed by atoms with Crippen LogP contribution in [-0.2, 0) is 4.79 Å². The van der Waals surface area contributed by atoms with E-state index < -0.39 is 0 Å². The largest absolute Gasteiger partial charge is 0.358 e. The third-order valence-corrected chi connectivity index (χ3v) is 1.67. The van der Waals surface area contributed by atoms with Gasteiger partial charge in [0.1, 0.15) is 0 Å². The zero-order chi connectivity index (χ0) is 9.40. The first-order valence-electron chi connectivity index (χ1n) is 4.13. The molecule has 72 valence electrons. The minimum absolute atomic E-state index is 0.101. The van der Waals surface area contributed by atoms with Gasteiger partial charge in [0.05, 0.1) is 6.04 Å². The van der Waals surface area contributed by atoms with E-state index in [1.165, 1.54) is 0 Å². The molecular formula is C7H18N4O. The summed E-state index contributed by atoms with van der Waals surface area (Å²) in [6.07, 6.45) is 2.57. The van der Waals surface area contributed by atoms with Crippen LogP contribution in [0.15, 0.2) is 0 Å². The molecule has 1 amide bonds. The SMILES string of the molecule is CNC(=O)C(N)CCCCNN. The smallest absolute Gasteiger partial charge is 0.236 e. The molecule has 5 heteroatoms. The van der Waals surface area contributed by atoms with E-state index in [2.05, 4.69) is 10.7 Å². The highest BCUT2D eigenvalue weighted by Crippen LogP contribution is 1.97. The zero-order valence-electron chi connectivity index (χ0n) is 7.47. The van der Waals surface area contributed by atoms with Crippen LogP contribution in [0.3, 0.4) is 0 Å². The van der Waals surface area contributed by atoms with Crippen LogP contribution in [0.5, 0.6) is 0 Å². The van der Waals surface area contributed by atoms with Crippen LogP contribution in [0.25, 0.3) is 0 Å². The number of nitrogens with two attached hydrogens (primary N) is 2. The van der Waals surface area contributed by atoms with Crippen molar-refractivity contribution in [1.82, 2.24) is 10.7 Å². The van der Waals surface area contributed by atoms with Gasteiger partial charge in [-0.1, -0.05) is 6.42 Å². The van der Waals surface area contributed by atoms with Gasteiger partial charge in [-0.2, -0.15) is 0 Å². The Balaban J connectivity index is 3.31. The number of hydrogen-bond donors (Lipinski definition) is 4. The van der Waals surface area contributed by atoms with Crippen molar-refractivity contribution in [3.05, 3.63) is 0 Å². The maximum absolute atomic E-state index is 10.9. The fourth-order valence-corrected chi connectivity index (χ4v) is 0.908. The van der Waals surface area contributed by atoms with Gasteiger partial charge in [-0.25, -0.2) is 0 Å². The summed E-state index contributed by atoms with van der Waals surface area (Å²) in [4.78, 5) is 10.9. The molecule has 0 aliphatic rings. The van der Waals surface area contributed by atoms with Gasteiger partial charge >= 0.3 is 0 Å². The van der Waals surface area contributed by atoms with Crippen molar-refractivity contribution in [2.75, 3.05) is 13.6 Å². The molecule has 0 aliphatic carbocycles. The molecule has 1 atom stereocenters.